The van der Waals surface area contributed by atoms with Gasteiger partial charge in [0.15, 0.2) is 11.6 Å². The van der Waals surface area contributed by atoms with E-state index in [1.54, 1.807) is 37.6 Å². The van der Waals surface area contributed by atoms with E-state index in [9.17, 15) is 0 Å². The van der Waals surface area contributed by atoms with Crippen LogP contribution in [0.5, 0.6) is 11.6 Å². The van der Waals surface area contributed by atoms with Crippen LogP contribution in [0.25, 0.3) is 11.0 Å². The molecule has 5 heterocycles. The van der Waals surface area contributed by atoms with Crippen LogP contribution in [0.4, 0.5) is 34.6 Å². The van der Waals surface area contributed by atoms with E-state index in [0.717, 1.165) is 92.3 Å². The van der Waals surface area contributed by atoms with Gasteiger partial charge in [-0.2, -0.15) is 9.97 Å². The normalized spacial score (nSPS) is 16.2. The van der Waals surface area contributed by atoms with Gasteiger partial charge in [0.05, 0.1) is 36.8 Å². The van der Waals surface area contributed by atoms with Gasteiger partial charge in [-0.05, 0) is 57.0 Å². The smallest absolute Gasteiger partial charge is 0.239 e. The van der Waals surface area contributed by atoms with Gasteiger partial charge in [-0.1, -0.05) is 18.9 Å². The number of piperazine rings is 1. The predicted octanol–water partition coefficient (Wildman–Crippen LogP) is 5.20. The molecule has 2 aliphatic heterocycles. The molecule has 2 fully saturated rings. The molecule has 48 heavy (non-hydrogen) atoms. The molecule has 0 bridgehead atoms. The lowest BCUT2D eigenvalue weighted by Gasteiger charge is -2.42. The van der Waals surface area contributed by atoms with Crippen molar-refractivity contribution in [1.29, 1.82) is 0 Å². The number of piperidine rings is 1. The van der Waals surface area contributed by atoms with E-state index in [4.69, 9.17) is 19.4 Å². The predicted molar refractivity (Wildman–Crippen MR) is 196 cm³/mol. The fourth-order valence-corrected chi connectivity index (χ4v) is 6.87. The van der Waals surface area contributed by atoms with Crippen LogP contribution in [-0.4, -0.2) is 114 Å². The summed E-state index contributed by atoms with van der Waals surface area (Å²) >= 11 is 1.58. The molecule has 0 radical (unpaired) electrons. The number of benzene rings is 1. The van der Waals surface area contributed by atoms with Gasteiger partial charge < -0.3 is 34.2 Å². The third kappa shape index (κ3) is 7.30. The maximum atomic E-state index is 5.93. The second kappa shape index (κ2) is 15.4. The van der Waals surface area contributed by atoms with Crippen LogP contribution in [0, 0.1) is 0 Å². The number of ether oxygens (including phenoxy) is 2. The average Bonchev–Trinajstić information content (AvgIpc) is 3.12. The first-order chi connectivity index (χ1) is 23.4. The number of likely N-dealkylation sites (N-methyl/N-ethyl adjacent to an activating group) is 1. The number of fused-ring (bicyclic) bond motifs is 1. The van der Waals surface area contributed by atoms with Gasteiger partial charge in [0.25, 0.3) is 0 Å². The maximum absolute atomic E-state index is 5.93. The highest BCUT2D eigenvalue weighted by molar-refractivity contribution is 7.99. The molecular formula is C34H47N11O2S. The van der Waals surface area contributed by atoms with Crippen LogP contribution in [0.2, 0.25) is 0 Å². The number of nitrogens with one attached hydrogen (secondary N) is 2. The Morgan fingerprint density at radius 2 is 1.73 bits per heavy atom. The minimum atomic E-state index is 0.393. The summed E-state index contributed by atoms with van der Waals surface area (Å²) < 4.78 is 13.8. The number of methoxy groups -OCH3 is 1. The first kappa shape index (κ1) is 33.7. The van der Waals surface area contributed by atoms with Crippen LogP contribution >= 0.6 is 11.9 Å². The highest BCUT2D eigenvalue weighted by atomic mass is 32.2. The molecule has 2 aliphatic rings. The van der Waals surface area contributed by atoms with Gasteiger partial charge in [0.2, 0.25) is 11.8 Å². The molecule has 14 heteroatoms. The van der Waals surface area contributed by atoms with E-state index in [0.29, 0.717) is 41.7 Å². The molecule has 2 saturated heterocycles. The lowest BCUT2D eigenvalue weighted by molar-refractivity contribution is 0.0981. The van der Waals surface area contributed by atoms with Gasteiger partial charge in [0, 0.05) is 71.0 Å². The second-order valence-corrected chi connectivity index (χ2v) is 13.0. The molecule has 256 valence electrons. The lowest BCUT2D eigenvalue weighted by atomic mass is 10.0. The fraction of sp³-hybridized carbons (Fsp3) is 0.500. The molecule has 6 rings (SSSR count). The molecule has 0 amide bonds. The zero-order valence-electron chi connectivity index (χ0n) is 28.9. The first-order valence-corrected chi connectivity index (χ1v) is 17.9. The number of hydrogen-bond acceptors (Lipinski definition) is 14. The number of hydrogen-bond donors (Lipinski definition) is 2. The summed E-state index contributed by atoms with van der Waals surface area (Å²) in [5, 5.41) is 6.88. The summed E-state index contributed by atoms with van der Waals surface area (Å²) in [7, 11) is 5.87. The van der Waals surface area contributed by atoms with Crippen molar-refractivity contribution in [3.63, 3.8) is 0 Å². The summed E-state index contributed by atoms with van der Waals surface area (Å²) in [5.41, 5.74) is 5.18. The molecular weight excluding hydrogens is 627 g/mol. The quantitative estimate of drug-likeness (QED) is 0.192. The summed E-state index contributed by atoms with van der Waals surface area (Å²) in [6, 6.07) is 6.69. The van der Waals surface area contributed by atoms with Gasteiger partial charge in [-0.3, -0.25) is 14.9 Å². The third-order valence-electron chi connectivity index (χ3n) is 9.19. The van der Waals surface area contributed by atoms with Gasteiger partial charge >= 0.3 is 0 Å². The number of aryl methyl sites for hydroxylation is 1. The highest BCUT2D eigenvalue weighted by Gasteiger charge is 2.29. The second-order valence-electron chi connectivity index (χ2n) is 12.1. The van der Waals surface area contributed by atoms with E-state index >= 15 is 0 Å². The molecule has 0 unspecified atom stereocenters. The summed E-state index contributed by atoms with van der Waals surface area (Å²) in [6.45, 7) is 11.2. The van der Waals surface area contributed by atoms with Crippen LogP contribution in [0.3, 0.4) is 0 Å². The number of pyridine rings is 1. The van der Waals surface area contributed by atoms with Crippen LogP contribution < -0.4 is 29.3 Å². The van der Waals surface area contributed by atoms with Crippen molar-refractivity contribution in [2.24, 2.45) is 0 Å². The van der Waals surface area contributed by atoms with Crippen LogP contribution in [0.1, 0.15) is 32.3 Å². The van der Waals surface area contributed by atoms with Crippen molar-refractivity contribution in [2.45, 2.75) is 39.2 Å². The van der Waals surface area contributed by atoms with E-state index in [1.165, 1.54) is 0 Å². The zero-order chi connectivity index (χ0) is 33.6. The van der Waals surface area contributed by atoms with Crippen molar-refractivity contribution in [3.05, 3.63) is 42.4 Å². The maximum Gasteiger partial charge on any atom is 0.239 e. The molecule has 3 aromatic heterocycles. The van der Waals surface area contributed by atoms with Crippen molar-refractivity contribution in [1.82, 2.24) is 34.7 Å². The van der Waals surface area contributed by atoms with Gasteiger partial charge in [0.1, 0.15) is 17.0 Å². The molecule has 0 atom stereocenters. The Kier molecular flexibility index (Phi) is 10.8. The number of aromatic nitrogens is 5. The average molecular weight is 674 g/mol. The van der Waals surface area contributed by atoms with Gasteiger partial charge in [-0.25, -0.2) is 4.98 Å². The Bertz CT molecular complexity index is 1690. The Morgan fingerprint density at radius 1 is 0.958 bits per heavy atom. The van der Waals surface area contributed by atoms with E-state index in [2.05, 4.69) is 64.6 Å². The topological polar surface area (TPSA) is 120 Å². The Morgan fingerprint density at radius 3 is 2.44 bits per heavy atom. The molecule has 1 aromatic carbocycles. The van der Waals surface area contributed by atoms with Gasteiger partial charge in [-0.15, -0.1) is 0 Å². The van der Waals surface area contributed by atoms with Crippen LogP contribution in [-0.2, 0) is 6.42 Å². The minimum absolute atomic E-state index is 0.393. The number of anilines is 6. The molecule has 0 saturated carbocycles. The fourth-order valence-electron chi connectivity index (χ4n) is 6.50. The van der Waals surface area contributed by atoms with E-state index in [-0.39, 0.29) is 0 Å². The molecule has 13 nitrogen and oxygen atoms in total. The molecule has 4 aromatic rings. The largest absolute Gasteiger partial charge is 0.488 e. The lowest BCUT2D eigenvalue weighted by Crippen LogP contribution is -2.52. The summed E-state index contributed by atoms with van der Waals surface area (Å²) in [4.78, 5) is 31.1. The van der Waals surface area contributed by atoms with Crippen molar-refractivity contribution in [2.75, 3.05) is 93.2 Å². The Balaban J connectivity index is 1.25. The van der Waals surface area contributed by atoms with Crippen LogP contribution in [0.15, 0.2) is 36.8 Å². The molecule has 0 aliphatic carbocycles. The Labute approximate surface area is 287 Å². The monoisotopic (exact) mass is 673 g/mol. The molecule has 0 spiro atoms. The third-order valence-corrected chi connectivity index (χ3v) is 9.92. The number of rotatable bonds is 12. The minimum Gasteiger partial charge on any atom is -0.488 e. The Hall–Kier alpha value is -4.14. The number of nitrogens with zero attached hydrogens (tertiary/aromatic N) is 9. The zero-order valence-corrected chi connectivity index (χ0v) is 29.7. The summed E-state index contributed by atoms with van der Waals surface area (Å²) in [6.07, 6.45) is 10.2. The molecule has 2 N–H and O–H groups in total. The summed E-state index contributed by atoms with van der Waals surface area (Å²) in [5.74, 6) is 2.96. The van der Waals surface area contributed by atoms with E-state index in [1.807, 2.05) is 32.4 Å². The van der Waals surface area contributed by atoms with Crippen molar-refractivity contribution in [3.8, 4) is 11.6 Å². The standard InChI is InChI=1S/C34H47N11O2S/c1-7-23-21-27(33(46-5)41-32(23)45-15-11-24(12-16-45)44-19-17-42(3)18-20-44)39-34-37-22-28(47-8-2)31(40-34)38-26-10-9-25-29(36-14-13-35-25)30(26)43(4)48-6/h9-10,13-14,21-22,24H,7-8,11-12,15-20H2,1-6H3,(H2,37,38,39,40). The first-order valence-electron chi connectivity index (χ1n) is 16.7. The van der Waals surface area contributed by atoms with Crippen molar-refractivity contribution >= 4 is 57.6 Å². The SMILES string of the molecule is CCOc1cnc(Nc2cc(CC)c(N3CCC(N4CCN(C)CC4)CC3)nc2OC)nc1Nc1ccc2nccnc2c1N(C)SC. The van der Waals surface area contributed by atoms with Crippen molar-refractivity contribution < 1.29 is 9.47 Å². The van der Waals surface area contributed by atoms with E-state index < -0.39 is 0 Å². The highest BCUT2D eigenvalue weighted by Crippen LogP contribution is 2.39.